The molecule has 0 saturated carbocycles. The first-order chi connectivity index (χ1) is 7.89. The van der Waals surface area contributed by atoms with E-state index in [2.05, 4.69) is 21.0 Å². The molecule has 0 unspecified atom stereocenters. The van der Waals surface area contributed by atoms with Crippen LogP contribution in [-0.2, 0) is 13.2 Å². The van der Waals surface area contributed by atoms with Crippen molar-refractivity contribution in [3.63, 3.8) is 0 Å². The summed E-state index contributed by atoms with van der Waals surface area (Å²) in [5.74, 6) is 0. The van der Waals surface area contributed by atoms with Crippen LogP contribution in [0.15, 0.2) is 34.9 Å². The van der Waals surface area contributed by atoms with Crippen LogP contribution in [-0.4, -0.2) is 9.78 Å². The van der Waals surface area contributed by atoms with Crippen molar-refractivity contribution in [2.45, 2.75) is 6.18 Å². The summed E-state index contributed by atoms with van der Waals surface area (Å²) in [4.78, 5) is 0. The van der Waals surface area contributed by atoms with Crippen LogP contribution in [0.3, 0.4) is 0 Å². The normalized spacial score (nSPS) is 11.8. The molecule has 6 heteroatoms. The molecule has 1 aromatic heterocycles. The summed E-state index contributed by atoms with van der Waals surface area (Å²) in [5.41, 5.74) is 0.781. The zero-order valence-corrected chi connectivity index (χ0v) is 10.4. The summed E-state index contributed by atoms with van der Waals surface area (Å²) in [6, 6.07) is 5.00. The molecule has 0 fully saturated rings. The Kier molecular flexibility index (Phi) is 2.99. The highest BCUT2D eigenvalue weighted by Crippen LogP contribution is 2.32. The van der Waals surface area contributed by atoms with Gasteiger partial charge in [-0.1, -0.05) is 12.1 Å². The number of aromatic nitrogens is 2. The predicted molar refractivity (Wildman–Crippen MR) is 61.3 cm³/mol. The van der Waals surface area contributed by atoms with Crippen LogP contribution in [0.1, 0.15) is 5.56 Å². The van der Waals surface area contributed by atoms with Gasteiger partial charge < -0.3 is 0 Å². The minimum Gasteiger partial charge on any atom is -0.267 e. The fourth-order valence-electron chi connectivity index (χ4n) is 1.55. The lowest BCUT2D eigenvalue weighted by molar-refractivity contribution is -0.137. The van der Waals surface area contributed by atoms with E-state index in [1.165, 1.54) is 12.1 Å². The highest BCUT2D eigenvalue weighted by atomic mass is 79.9. The SMILES string of the molecule is Cn1ncc(Br)c1-c1ccc(C(F)(F)F)cc1. The molecule has 0 aliphatic heterocycles. The molecule has 0 bridgehead atoms. The van der Waals surface area contributed by atoms with Crippen LogP contribution < -0.4 is 0 Å². The van der Waals surface area contributed by atoms with Crippen molar-refractivity contribution in [3.05, 3.63) is 40.5 Å². The second kappa shape index (κ2) is 4.18. The summed E-state index contributed by atoms with van der Waals surface area (Å²) in [6.45, 7) is 0. The van der Waals surface area contributed by atoms with Crippen LogP contribution in [0.2, 0.25) is 0 Å². The highest BCUT2D eigenvalue weighted by Gasteiger charge is 2.30. The van der Waals surface area contributed by atoms with E-state index in [9.17, 15) is 13.2 Å². The average molecular weight is 305 g/mol. The minimum absolute atomic E-state index is 0.653. The van der Waals surface area contributed by atoms with E-state index in [1.54, 1.807) is 17.9 Å². The van der Waals surface area contributed by atoms with Gasteiger partial charge in [0.15, 0.2) is 0 Å². The molecule has 0 N–H and O–H groups in total. The molecule has 0 aliphatic rings. The maximum absolute atomic E-state index is 12.4. The van der Waals surface area contributed by atoms with Crippen molar-refractivity contribution >= 4 is 15.9 Å². The third-order valence-corrected chi connectivity index (χ3v) is 2.96. The molecule has 2 nitrogen and oxygen atoms in total. The monoisotopic (exact) mass is 304 g/mol. The van der Waals surface area contributed by atoms with Gasteiger partial charge >= 0.3 is 6.18 Å². The molecule has 1 aromatic carbocycles. The van der Waals surface area contributed by atoms with Gasteiger partial charge in [-0.25, -0.2) is 0 Å². The van der Waals surface area contributed by atoms with E-state index in [4.69, 9.17) is 0 Å². The molecule has 2 rings (SSSR count). The Morgan fingerprint density at radius 1 is 1.18 bits per heavy atom. The van der Waals surface area contributed by atoms with Crippen molar-refractivity contribution in [2.75, 3.05) is 0 Å². The standard InChI is InChI=1S/C11H8BrF3N2/c1-17-10(9(12)6-16-17)7-2-4-8(5-3-7)11(13,14)15/h2-6H,1H3. The Balaban J connectivity index is 2.43. The van der Waals surface area contributed by atoms with Gasteiger partial charge in [-0.15, -0.1) is 0 Å². The Morgan fingerprint density at radius 3 is 2.18 bits per heavy atom. The molecule has 1 heterocycles. The number of aryl methyl sites for hydroxylation is 1. The number of rotatable bonds is 1. The first-order valence-electron chi connectivity index (χ1n) is 4.74. The molecule has 0 atom stereocenters. The Morgan fingerprint density at radius 2 is 1.76 bits per heavy atom. The number of halogens is 4. The number of alkyl halides is 3. The highest BCUT2D eigenvalue weighted by molar-refractivity contribution is 9.10. The molecule has 0 amide bonds. The molecule has 0 radical (unpaired) electrons. The fraction of sp³-hybridized carbons (Fsp3) is 0.182. The van der Waals surface area contributed by atoms with Crippen molar-refractivity contribution in [2.24, 2.45) is 7.05 Å². The van der Waals surface area contributed by atoms with Gasteiger partial charge in [0.05, 0.1) is 21.9 Å². The van der Waals surface area contributed by atoms with E-state index < -0.39 is 11.7 Å². The van der Waals surface area contributed by atoms with Crippen molar-refractivity contribution in [3.8, 4) is 11.3 Å². The molecule has 17 heavy (non-hydrogen) atoms. The maximum Gasteiger partial charge on any atom is 0.416 e. The molecule has 90 valence electrons. The lowest BCUT2D eigenvalue weighted by Crippen LogP contribution is -2.04. The quantitative estimate of drug-likeness (QED) is 0.782. The average Bonchev–Trinajstić information content (AvgIpc) is 2.58. The molecule has 2 aromatic rings. The van der Waals surface area contributed by atoms with Crippen molar-refractivity contribution < 1.29 is 13.2 Å². The molecule has 0 spiro atoms. The lowest BCUT2D eigenvalue weighted by atomic mass is 10.1. The Bertz CT molecular complexity index is 509. The number of nitrogens with zero attached hydrogens (tertiary/aromatic N) is 2. The first kappa shape index (κ1) is 12.2. The van der Waals surface area contributed by atoms with Crippen LogP contribution in [0.5, 0.6) is 0 Å². The summed E-state index contributed by atoms with van der Waals surface area (Å²) < 4.78 is 39.5. The van der Waals surface area contributed by atoms with Gasteiger partial charge in [0, 0.05) is 12.6 Å². The van der Waals surface area contributed by atoms with Gasteiger partial charge in [-0.3, -0.25) is 4.68 Å². The number of benzene rings is 1. The summed E-state index contributed by atoms with van der Waals surface area (Å²) in [6.07, 6.45) is -2.70. The van der Waals surface area contributed by atoms with Crippen LogP contribution in [0.25, 0.3) is 11.3 Å². The molecular formula is C11H8BrF3N2. The topological polar surface area (TPSA) is 17.8 Å². The van der Waals surface area contributed by atoms with E-state index in [1.807, 2.05) is 0 Å². The fourth-order valence-corrected chi connectivity index (χ4v) is 2.13. The lowest BCUT2D eigenvalue weighted by Gasteiger charge is -2.08. The van der Waals surface area contributed by atoms with Crippen LogP contribution in [0.4, 0.5) is 13.2 Å². The molecular weight excluding hydrogens is 297 g/mol. The second-order valence-electron chi connectivity index (χ2n) is 3.54. The smallest absolute Gasteiger partial charge is 0.267 e. The Labute approximate surface area is 104 Å². The second-order valence-corrected chi connectivity index (χ2v) is 4.39. The van der Waals surface area contributed by atoms with Crippen LogP contribution in [0, 0.1) is 0 Å². The van der Waals surface area contributed by atoms with E-state index in [-0.39, 0.29) is 0 Å². The summed E-state index contributed by atoms with van der Waals surface area (Å²) >= 11 is 3.31. The largest absolute Gasteiger partial charge is 0.416 e. The van der Waals surface area contributed by atoms with Gasteiger partial charge in [-0.2, -0.15) is 18.3 Å². The van der Waals surface area contributed by atoms with Gasteiger partial charge in [0.1, 0.15) is 0 Å². The summed E-state index contributed by atoms with van der Waals surface area (Å²) in [7, 11) is 1.73. The number of hydrogen-bond donors (Lipinski definition) is 0. The number of hydrogen-bond acceptors (Lipinski definition) is 1. The molecule has 0 aliphatic carbocycles. The van der Waals surface area contributed by atoms with Gasteiger partial charge in [0.25, 0.3) is 0 Å². The van der Waals surface area contributed by atoms with E-state index in [0.29, 0.717) is 5.56 Å². The maximum atomic E-state index is 12.4. The minimum atomic E-state index is -4.30. The predicted octanol–water partition coefficient (Wildman–Crippen LogP) is 3.87. The zero-order chi connectivity index (χ0) is 12.6. The zero-order valence-electron chi connectivity index (χ0n) is 8.79. The Hall–Kier alpha value is -1.30. The van der Waals surface area contributed by atoms with Crippen molar-refractivity contribution in [1.82, 2.24) is 9.78 Å². The first-order valence-corrected chi connectivity index (χ1v) is 5.54. The van der Waals surface area contributed by atoms with E-state index in [0.717, 1.165) is 22.3 Å². The third-order valence-electron chi connectivity index (χ3n) is 2.38. The third kappa shape index (κ3) is 2.36. The van der Waals surface area contributed by atoms with Gasteiger partial charge in [-0.05, 0) is 28.1 Å². The van der Waals surface area contributed by atoms with E-state index >= 15 is 0 Å². The van der Waals surface area contributed by atoms with Crippen molar-refractivity contribution in [1.29, 1.82) is 0 Å². The van der Waals surface area contributed by atoms with Crippen LogP contribution >= 0.6 is 15.9 Å². The van der Waals surface area contributed by atoms with Gasteiger partial charge in [0.2, 0.25) is 0 Å². The summed E-state index contributed by atoms with van der Waals surface area (Å²) in [5, 5.41) is 4.01. The molecule has 0 saturated heterocycles.